The molecule has 1 aromatic heterocycles. The molecule has 1 heterocycles. The first-order valence-corrected chi connectivity index (χ1v) is 10.6. The number of rotatable bonds is 6. The van der Waals surface area contributed by atoms with E-state index >= 15 is 0 Å². The molecule has 3 aromatic carbocycles. The summed E-state index contributed by atoms with van der Waals surface area (Å²) in [6.07, 6.45) is 0. The maximum atomic E-state index is 12.7. The Labute approximate surface area is 188 Å². The number of hydrogen-bond donors (Lipinski definition) is 2. The summed E-state index contributed by atoms with van der Waals surface area (Å²) in [5.74, 6) is 0.274. The molecule has 2 N–H and O–H groups in total. The first kappa shape index (κ1) is 20.8. The maximum absolute atomic E-state index is 12.7. The van der Waals surface area contributed by atoms with E-state index in [9.17, 15) is 9.59 Å². The van der Waals surface area contributed by atoms with Gasteiger partial charge in [0, 0.05) is 15.7 Å². The predicted octanol–water partition coefficient (Wildman–Crippen LogP) is 4.68. The van der Waals surface area contributed by atoms with Crippen LogP contribution in [0.5, 0.6) is 0 Å². The number of aromatic nitrogens is 2. The fraction of sp³-hybridized carbons (Fsp3) is 0.125. The second-order valence-corrected chi connectivity index (χ2v) is 8.07. The van der Waals surface area contributed by atoms with E-state index in [0.29, 0.717) is 17.1 Å². The molecule has 0 aliphatic heterocycles. The summed E-state index contributed by atoms with van der Waals surface area (Å²) in [7, 11) is 0. The Morgan fingerprint density at radius 2 is 1.77 bits per heavy atom. The number of aryl methyl sites for hydroxylation is 1. The second-order valence-electron chi connectivity index (χ2n) is 7.16. The molecule has 31 heavy (non-hydrogen) atoms. The van der Waals surface area contributed by atoms with Gasteiger partial charge in [-0.3, -0.25) is 9.59 Å². The van der Waals surface area contributed by atoms with Crippen LogP contribution in [0, 0.1) is 6.92 Å². The molecular weight excluding hydrogens is 456 g/mol. The van der Waals surface area contributed by atoms with E-state index in [0.717, 1.165) is 21.1 Å². The number of benzene rings is 3. The Hall–Kier alpha value is -3.45. The predicted molar refractivity (Wildman–Crippen MR) is 125 cm³/mol. The summed E-state index contributed by atoms with van der Waals surface area (Å²) >= 11 is 3.41. The van der Waals surface area contributed by atoms with Crippen LogP contribution < -0.4 is 10.6 Å². The molecule has 0 radical (unpaired) electrons. The quantitative estimate of drug-likeness (QED) is 0.424. The van der Waals surface area contributed by atoms with Crippen LogP contribution in [0.2, 0.25) is 0 Å². The van der Waals surface area contributed by atoms with Crippen molar-refractivity contribution in [3.05, 3.63) is 94.2 Å². The van der Waals surface area contributed by atoms with Crippen molar-refractivity contribution in [3.63, 3.8) is 0 Å². The molecule has 0 saturated carbocycles. The van der Waals surface area contributed by atoms with Gasteiger partial charge in [-0.2, -0.15) is 0 Å². The third kappa shape index (κ3) is 4.83. The summed E-state index contributed by atoms with van der Waals surface area (Å²) in [5, 5.41) is 5.83. The fourth-order valence-electron chi connectivity index (χ4n) is 3.43. The molecule has 0 aliphatic carbocycles. The average Bonchev–Trinajstić information content (AvgIpc) is 3.09. The molecular formula is C24H21BrN4O2. The van der Waals surface area contributed by atoms with Crippen molar-refractivity contribution in [2.45, 2.75) is 20.0 Å². The SMILES string of the molecule is Cc1ccccc1C(=O)NCc1nc2ccccc2n1CC(=O)Nc1cccc(Br)c1. The zero-order valence-electron chi connectivity index (χ0n) is 16.9. The van der Waals surface area contributed by atoms with Gasteiger partial charge in [0.1, 0.15) is 12.4 Å². The maximum Gasteiger partial charge on any atom is 0.251 e. The standard InChI is InChI=1S/C24H21BrN4O2/c1-16-7-2-3-10-19(16)24(31)26-14-22-28-20-11-4-5-12-21(20)29(22)15-23(30)27-18-9-6-8-17(25)13-18/h2-13H,14-15H2,1H3,(H,26,31)(H,27,30). The van der Waals surface area contributed by atoms with E-state index in [1.54, 1.807) is 6.07 Å². The van der Waals surface area contributed by atoms with E-state index in [2.05, 4.69) is 31.5 Å². The van der Waals surface area contributed by atoms with Crippen LogP contribution in [0.3, 0.4) is 0 Å². The van der Waals surface area contributed by atoms with Crippen LogP contribution in [0.4, 0.5) is 5.69 Å². The van der Waals surface area contributed by atoms with Crippen molar-refractivity contribution >= 4 is 44.5 Å². The van der Waals surface area contributed by atoms with Crippen LogP contribution in [0.1, 0.15) is 21.7 Å². The smallest absolute Gasteiger partial charge is 0.251 e. The highest BCUT2D eigenvalue weighted by molar-refractivity contribution is 9.10. The highest BCUT2D eigenvalue weighted by Gasteiger charge is 2.15. The highest BCUT2D eigenvalue weighted by Crippen LogP contribution is 2.18. The molecule has 6 nitrogen and oxygen atoms in total. The molecule has 0 spiro atoms. The lowest BCUT2D eigenvalue weighted by atomic mass is 10.1. The molecule has 4 aromatic rings. The van der Waals surface area contributed by atoms with Gasteiger partial charge in [0.2, 0.25) is 5.91 Å². The zero-order chi connectivity index (χ0) is 21.8. The number of carbonyl (C=O) groups excluding carboxylic acids is 2. The molecule has 0 aliphatic rings. The fourth-order valence-corrected chi connectivity index (χ4v) is 3.83. The number of amides is 2. The van der Waals surface area contributed by atoms with Gasteiger partial charge >= 0.3 is 0 Å². The number of nitrogens with one attached hydrogen (secondary N) is 2. The summed E-state index contributed by atoms with van der Waals surface area (Å²) in [6.45, 7) is 2.20. The molecule has 156 valence electrons. The van der Waals surface area contributed by atoms with E-state index in [1.807, 2.05) is 78.2 Å². The Kier molecular flexibility index (Phi) is 6.13. The highest BCUT2D eigenvalue weighted by atomic mass is 79.9. The monoisotopic (exact) mass is 476 g/mol. The van der Waals surface area contributed by atoms with E-state index in [1.165, 1.54) is 0 Å². The Bertz CT molecular complexity index is 1270. The minimum atomic E-state index is -0.173. The lowest BCUT2D eigenvalue weighted by molar-refractivity contribution is -0.116. The topological polar surface area (TPSA) is 76.0 Å². The Balaban J connectivity index is 1.55. The lowest BCUT2D eigenvalue weighted by Crippen LogP contribution is -2.27. The Morgan fingerprint density at radius 3 is 2.58 bits per heavy atom. The molecule has 7 heteroatoms. The van der Waals surface area contributed by atoms with Gasteiger partial charge in [0.05, 0.1) is 17.6 Å². The number of carbonyl (C=O) groups is 2. The normalized spacial score (nSPS) is 10.8. The van der Waals surface area contributed by atoms with Crippen LogP contribution in [-0.2, 0) is 17.9 Å². The number of anilines is 1. The first-order chi connectivity index (χ1) is 15.0. The summed E-state index contributed by atoms with van der Waals surface area (Å²) in [5.41, 5.74) is 3.85. The molecule has 0 atom stereocenters. The van der Waals surface area contributed by atoms with E-state index in [4.69, 9.17) is 0 Å². The Morgan fingerprint density at radius 1 is 1.00 bits per heavy atom. The molecule has 2 amide bonds. The van der Waals surface area contributed by atoms with E-state index < -0.39 is 0 Å². The number of imidazole rings is 1. The minimum absolute atomic E-state index is 0.0859. The molecule has 0 saturated heterocycles. The number of hydrogen-bond acceptors (Lipinski definition) is 3. The zero-order valence-corrected chi connectivity index (χ0v) is 18.5. The van der Waals surface area contributed by atoms with Crippen molar-refractivity contribution in [2.24, 2.45) is 0 Å². The van der Waals surface area contributed by atoms with Crippen LogP contribution in [0.15, 0.2) is 77.3 Å². The average molecular weight is 477 g/mol. The van der Waals surface area contributed by atoms with Crippen LogP contribution in [0.25, 0.3) is 11.0 Å². The minimum Gasteiger partial charge on any atom is -0.345 e. The van der Waals surface area contributed by atoms with E-state index in [-0.39, 0.29) is 24.9 Å². The van der Waals surface area contributed by atoms with Gasteiger partial charge in [-0.1, -0.05) is 52.3 Å². The van der Waals surface area contributed by atoms with Crippen molar-refractivity contribution in [2.75, 3.05) is 5.32 Å². The van der Waals surface area contributed by atoms with Gasteiger partial charge in [-0.05, 0) is 48.9 Å². The molecule has 0 unspecified atom stereocenters. The van der Waals surface area contributed by atoms with Gasteiger partial charge in [-0.15, -0.1) is 0 Å². The third-order valence-electron chi connectivity index (χ3n) is 4.94. The van der Waals surface area contributed by atoms with Crippen molar-refractivity contribution < 1.29 is 9.59 Å². The van der Waals surface area contributed by atoms with Gasteiger partial charge in [-0.25, -0.2) is 4.98 Å². The van der Waals surface area contributed by atoms with Gasteiger partial charge < -0.3 is 15.2 Å². The first-order valence-electron chi connectivity index (χ1n) is 9.84. The second kappa shape index (κ2) is 9.14. The summed E-state index contributed by atoms with van der Waals surface area (Å²) < 4.78 is 2.72. The van der Waals surface area contributed by atoms with Gasteiger partial charge in [0.15, 0.2) is 0 Å². The number of para-hydroxylation sites is 2. The van der Waals surface area contributed by atoms with Crippen LogP contribution >= 0.6 is 15.9 Å². The summed E-state index contributed by atoms with van der Waals surface area (Å²) in [6, 6.07) is 22.5. The van der Waals surface area contributed by atoms with Crippen molar-refractivity contribution in [3.8, 4) is 0 Å². The molecule has 4 rings (SSSR count). The van der Waals surface area contributed by atoms with Crippen molar-refractivity contribution in [1.29, 1.82) is 0 Å². The third-order valence-corrected chi connectivity index (χ3v) is 5.43. The molecule has 0 bridgehead atoms. The van der Waals surface area contributed by atoms with Crippen LogP contribution in [-0.4, -0.2) is 21.4 Å². The summed E-state index contributed by atoms with van der Waals surface area (Å²) in [4.78, 5) is 30.0. The number of nitrogens with zero attached hydrogens (tertiary/aromatic N) is 2. The molecule has 0 fully saturated rings. The van der Waals surface area contributed by atoms with Crippen molar-refractivity contribution in [1.82, 2.24) is 14.9 Å². The number of halogens is 1. The largest absolute Gasteiger partial charge is 0.345 e. The van der Waals surface area contributed by atoms with Gasteiger partial charge in [0.25, 0.3) is 5.91 Å². The number of fused-ring (bicyclic) bond motifs is 1. The lowest BCUT2D eigenvalue weighted by Gasteiger charge is -2.12.